The summed E-state index contributed by atoms with van der Waals surface area (Å²) < 4.78 is 7.45. The Balaban J connectivity index is 2.44. The summed E-state index contributed by atoms with van der Waals surface area (Å²) in [6, 6.07) is 8.28. The Kier molecular flexibility index (Phi) is 5.02. The molecular weight excluding hydrogens is 262 g/mol. The molecule has 0 radical (unpaired) electrons. The lowest BCUT2D eigenvalue weighted by Crippen LogP contribution is -2.33. The zero-order valence-corrected chi connectivity index (χ0v) is 13.3. The maximum atomic E-state index is 6.40. The van der Waals surface area contributed by atoms with Crippen LogP contribution in [0.25, 0.3) is 0 Å². The van der Waals surface area contributed by atoms with Gasteiger partial charge in [0.15, 0.2) is 0 Å². The highest BCUT2D eigenvalue weighted by atomic mass is 16.5. The Labute approximate surface area is 127 Å². The van der Waals surface area contributed by atoms with E-state index in [9.17, 15) is 0 Å². The summed E-state index contributed by atoms with van der Waals surface area (Å²) in [6.45, 7) is 6.43. The molecule has 0 aliphatic rings. The molecule has 2 atom stereocenters. The van der Waals surface area contributed by atoms with E-state index in [4.69, 9.17) is 10.5 Å². The van der Waals surface area contributed by atoms with Crippen LogP contribution in [-0.4, -0.2) is 22.7 Å². The molecule has 4 nitrogen and oxygen atoms in total. The van der Waals surface area contributed by atoms with Gasteiger partial charge in [-0.25, -0.2) is 4.98 Å². The van der Waals surface area contributed by atoms with E-state index in [1.54, 1.807) is 7.11 Å². The molecule has 21 heavy (non-hydrogen) atoms. The van der Waals surface area contributed by atoms with Crippen molar-refractivity contribution in [3.8, 4) is 5.75 Å². The Bertz CT molecular complexity index is 560. The number of imidazole rings is 1. The summed E-state index contributed by atoms with van der Waals surface area (Å²) in [5, 5.41) is 0. The molecule has 0 amide bonds. The van der Waals surface area contributed by atoms with Crippen LogP contribution in [0.4, 0.5) is 0 Å². The Morgan fingerprint density at radius 1 is 1.24 bits per heavy atom. The number of benzene rings is 1. The lowest BCUT2D eigenvalue weighted by atomic mass is 9.97. The van der Waals surface area contributed by atoms with Gasteiger partial charge in [0.25, 0.3) is 0 Å². The van der Waals surface area contributed by atoms with E-state index >= 15 is 0 Å². The van der Waals surface area contributed by atoms with E-state index in [1.807, 2.05) is 24.5 Å². The van der Waals surface area contributed by atoms with Crippen molar-refractivity contribution in [3.05, 3.63) is 48.0 Å². The van der Waals surface area contributed by atoms with Crippen molar-refractivity contribution in [3.63, 3.8) is 0 Å². The molecular formula is C17H25N3O. The van der Waals surface area contributed by atoms with Crippen LogP contribution in [0.15, 0.2) is 36.7 Å². The second-order valence-electron chi connectivity index (χ2n) is 5.64. The highest BCUT2D eigenvalue weighted by Gasteiger charge is 2.23. The molecule has 2 N–H and O–H groups in total. The largest absolute Gasteiger partial charge is 0.497 e. The van der Waals surface area contributed by atoms with E-state index in [1.165, 1.54) is 5.56 Å². The first-order chi connectivity index (χ1) is 10.1. The van der Waals surface area contributed by atoms with Gasteiger partial charge in [-0.15, -0.1) is 0 Å². The monoisotopic (exact) mass is 287 g/mol. The van der Waals surface area contributed by atoms with E-state index < -0.39 is 0 Å². The number of hydrogen-bond donors (Lipinski definition) is 1. The summed E-state index contributed by atoms with van der Waals surface area (Å²) in [6.07, 6.45) is 4.79. The fraction of sp³-hybridized carbons (Fsp3) is 0.471. The zero-order valence-electron chi connectivity index (χ0n) is 13.3. The minimum Gasteiger partial charge on any atom is -0.497 e. The minimum atomic E-state index is 0.0464. The average Bonchev–Trinajstić information content (AvgIpc) is 2.97. The number of nitrogens with two attached hydrogens (primary N) is 1. The molecule has 0 spiro atoms. The summed E-state index contributed by atoms with van der Waals surface area (Å²) in [5.41, 5.74) is 7.59. The first kappa shape index (κ1) is 15.6. The van der Waals surface area contributed by atoms with Gasteiger partial charge in [0, 0.05) is 24.4 Å². The number of ether oxygens (including phenoxy) is 1. The van der Waals surface area contributed by atoms with Crippen LogP contribution in [0.1, 0.15) is 50.5 Å². The van der Waals surface area contributed by atoms with Gasteiger partial charge in [-0.05, 0) is 24.1 Å². The van der Waals surface area contributed by atoms with Gasteiger partial charge in [-0.2, -0.15) is 0 Å². The number of hydrogen-bond acceptors (Lipinski definition) is 3. The van der Waals surface area contributed by atoms with Crippen molar-refractivity contribution in [1.29, 1.82) is 0 Å². The molecule has 2 rings (SSSR count). The Hall–Kier alpha value is -1.81. The van der Waals surface area contributed by atoms with Gasteiger partial charge in [-0.3, -0.25) is 0 Å². The summed E-state index contributed by atoms with van der Waals surface area (Å²) in [5.74, 6) is 2.29. The van der Waals surface area contributed by atoms with Gasteiger partial charge in [-0.1, -0.05) is 32.9 Å². The molecule has 0 saturated carbocycles. The van der Waals surface area contributed by atoms with Crippen LogP contribution >= 0.6 is 0 Å². The van der Waals surface area contributed by atoms with Crippen LogP contribution < -0.4 is 10.5 Å². The molecule has 1 aromatic heterocycles. The van der Waals surface area contributed by atoms with Gasteiger partial charge in [0.1, 0.15) is 11.6 Å². The summed E-state index contributed by atoms with van der Waals surface area (Å²) in [4.78, 5) is 4.50. The normalized spacial score (nSPS) is 14.2. The van der Waals surface area contributed by atoms with Crippen molar-refractivity contribution in [1.82, 2.24) is 9.55 Å². The van der Waals surface area contributed by atoms with E-state index in [2.05, 4.69) is 42.5 Å². The highest BCUT2D eigenvalue weighted by Crippen LogP contribution is 2.28. The first-order valence-corrected chi connectivity index (χ1v) is 7.50. The van der Waals surface area contributed by atoms with Crippen LogP contribution in [-0.2, 0) is 0 Å². The SMILES string of the molecule is CCC(N)C(c1ccc(OC)cc1)n1ccnc1C(C)C. The average molecular weight is 287 g/mol. The number of methoxy groups -OCH3 is 1. The van der Waals surface area contributed by atoms with Crippen molar-refractivity contribution < 1.29 is 4.74 Å². The summed E-state index contributed by atoms with van der Waals surface area (Å²) in [7, 11) is 1.68. The van der Waals surface area contributed by atoms with Crippen LogP contribution in [0.5, 0.6) is 5.75 Å². The molecule has 0 fully saturated rings. The predicted molar refractivity (Wildman–Crippen MR) is 85.7 cm³/mol. The van der Waals surface area contributed by atoms with Gasteiger partial charge in [0.05, 0.1) is 13.2 Å². The second-order valence-corrected chi connectivity index (χ2v) is 5.64. The fourth-order valence-electron chi connectivity index (χ4n) is 2.65. The standard InChI is InChI=1S/C17H25N3O/c1-5-15(18)16(13-6-8-14(21-4)9-7-13)20-11-10-19-17(20)12(2)3/h6-12,15-16H,5,18H2,1-4H3. The van der Waals surface area contributed by atoms with Crippen LogP contribution in [0.2, 0.25) is 0 Å². The Morgan fingerprint density at radius 2 is 1.90 bits per heavy atom. The van der Waals surface area contributed by atoms with E-state index in [0.717, 1.165) is 18.0 Å². The molecule has 2 aromatic rings. The third kappa shape index (κ3) is 3.27. The van der Waals surface area contributed by atoms with E-state index in [-0.39, 0.29) is 12.1 Å². The molecule has 2 unspecified atom stereocenters. The lowest BCUT2D eigenvalue weighted by molar-refractivity contribution is 0.412. The molecule has 4 heteroatoms. The zero-order chi connectivity index (χ0) is 15.4. The maximum Gasteiger partial charge on any atom is 0.118 e. The van der Waals surface area contributed by atoms with Gasteiger partial charge in [0.2, 0.25) is 0 Å². The number of rotatable bonds is 6. The number of aromatic nitrogens is 2. The lowest BCUT2D eigenvalue weighted by Gasteiger charge is -2.27. The molecule has 1 aromatic carbocycles. The third-order valence-corrected chi connectivity index (χ3v) is 3.85. The highest BCUT2D eigenvalue weighted by molar-refractivity contribution is 5.31. The predicted octanol–water partition coefficient (Wildman–Crippen LogP) is 3.34. The minimum absolute atomic E-state index is 0.0464. The van der Waals surface area contributed by atoms with Gasteiger partial charge < -0.3 is 15.0 Å². The molecule has 0 saturated heterocycles. The van der Waals surface area contributed by atoms with E-state index in [0.29, 0.717) is 5.92 Å². The van der Waals surface area contributed by atoms with Crippen molar-refractivity contribution >= 4 is 0 Å². The van der Waals surface area contributed by atoms with Crippen LogP contribution in [0, 0.1) is 0 Å². The molecule has 0 aliphatic carbocycles. The molecule has 1 heterocycles. The topological polar surface area (TPSA) is 53.1 Å². The fourth-order valence-corrected chi connectivity index (χ4v) is 2.65. The quantitative estimate of drug-likeness (QED) is 0.886. The van der Waals surface area contributed by atoms with Crippen molar-refractivity contribution in [2.45, 2.75) is 45.2 Å². The van der Waals surface area contributed by atoms with Crippen LogP contribution in [0.3, 0.4) is 0 Å². The second kappa shape index (κ2) is 6.76. The van der Waals surface area contributed by atoms with Crippen molar-refractivity contribution in [2.24, 2.45) is 5.73 Å². The smallest absolute Gasteiger partial charge is 0.118 e. The Morgan fingerprint density at radius 3 is 2.43 bits per heavy atom. The molecule has 114 valence electrons. The van der Waals surface area contributed by atoms with Gasteiger partial charge >= 0.3 is 0 Å². The molecule has 0 bridgehead atoms. The number of nitrogens with zero attached hydrogens (tertiary/aromatic N) is 2. The third-order valence-electron chi connectivity index (χ3n) is 3.85. The first-order valence-electron chi connectivity index (χ1n) is 7.50. The molecule has 0 aliphatic heterocycles. The maximum absolute atomic E-state index is 6.40. The van der Waals surface area contributed by atoms with Crippen molar-refractivity contribution in [2.75, 3.05) is 7.11 Å². The summed E-state index contributed by atoms with van der Waals surface area (Å²) >= 11 is 0.